The fourth-order valence-corrected chi connectivity index (χ4v) is 6.07. The van der Waals surface area contributed by atoms with Crippen LogP contribution in [0.15, 0.2) is 158 Å². The molecule has 1 atom stereocenters. The Morgan fingerprint density at radius 2 is 1.00 bits per heavy atom. The Hall–Kier alpha value is -5.54. The summed E-state index contributed by atoms with van der Waals surface area (Å²) in [5.74, 6) is 0.895. The van der Waals surface area contributed by atoms with Crippen molar-refractivity contribution in [2.45, 2.75) is 6.23 Å². The second-order valence-corrected chi connectivity index (χ2v) is 10.6. The first-order valence-corrected chi connectivity index (χ1v) is 14.3. The minimum Gasteiger partial charge on any atom is -0.464 e. The fraction of sp³-hybridized carbons (Fsp3) is 0.0256. The van der Waals surface area contributed by atoms with Gasteiger partial charge < -0.3 is 15.0 Å². The molecule has 0 fully saturated rings. The molecule has 1 N–H and O–H groups in total. The molecular weight excluding hydrogens is 512 g/mol. The van der Waals surface area contributed by atoms with Crippen LogP contribution in [0.25, 0.3) is 32.7 Å². The van der Waals surface area contributed by atoms with Crippen LogP contribution in [0.1, 0.15) is 11.8 Å². The van der Waals surface area contributed by atoms with Crippen molar-refractivity contribution in [1.29, 1.82) is 0 Å². The molecule has 0 saturated carbocycles. The molecule has 1 aliphatic rings. The highest BCUT2D eigenvalue weighted by Gasteiger charge is 2.28. The van der Waals surface area contributed by atoms with Crippen LogP contribution in [-0.2, 0) is 0 Å². The number of rotatable bonds is 5. The first-order chi connectivity index (χ1) is 20.8. The number of hydrogen-bond acceptors (Lipinski definition) is 3. The summed E-state index contributed by atoms with van der Waals surface area (Å²) in [6.45, 7) is 0. The van der Waals surface area contributed by atoms with Crippen LogP contribution in [0.3, 0.4) is 0 Å². The van der Waals surface area contributed by atoms with Gasteiger partial charge in [0.05, 0.1) is 5.69 Å². The lowest BCUT2D eigenvalue weighted by Gasteiger charge is -2.26. The van der Waals surface area contributed by atoms with E-state index in [-0.39, 0.29) is 6.23 Å². The van der Waals surface area contributed by atoms with E-state index in [0.717, 1.165) is 39.4 Å². The topological polar surface area (TPSA) is 24.5 Å². The Morgan fingerprint density at radius 3 is 1.74 bits per heavy atom. The SMILES string of the molecule is c1ccc(-c2ccc(N(c3ccccc3)c3ccc4c(c3)c3c(c5ccccc54)NC(c4ccccc4)O3)cc2)cc1. The summed E-state index contributed by atoms with van der Waals surface area (Å²) >= 11 is 0. The molecule has 0 amide bonds. The molecular formula is C39H28N2O. The number of fused-ring (bicyclic) bond motifs is 6. The van der Waals surface area contributed by atoms with Crippen LogP contribution in [0.5, 0.6) is 5.75 Å². The molecule has 0 bridgehead atoms. The molecule has 3 heteroatoms. The molecule has 7 aromatic carbocycles. The molecule has 7 aromatic rings. The van der Waals surface area contributed by atoms with E-state index < -0.39 is 0 Å². The molecule has 0 aromatic heterocycles. The molecule has 42 heavy (non-hydrogen) atoms. The first-order valence-electron chi connectivity index (χ1n) is 14.3. The number of benzene rings is 7. The Bertz CT molecular complexity index is 2020. The van der Waals surface area contributed by atoms with Crippen molar-refractivity contribution in [3.63, 3.8) is 0 Å². The number of para-hydroxylation sites is 1. The lowest BCUT2D eigenvalue weighted by molar-refractivity contribution is 0.262. The summed E-state index contributed by atoms with van der Waals surface area (Å²) in [6, 6.07) is 55.5. The van der Waals surface area contributed by atoms with Crippen LogP contribution in [0.2, 0.25) is 0 Å². The van der Waals surface area contributed by atoms with Gasteiger partial charge in [-0.3, -0.25) is 0 Å². The van der Waals surface area contributed by atoms with E-state index >= 15 is 0 Å². The zero-order chi connectivity index (χ0) is 27.9. The standard InChI is InChI=1S/C39H28N2O/c1-4-12-27(13-5-1)28-20-22-31(23-21-28)41(30-16-8-3-9-17-30)32-24-25-34-33-18-10-11-19-35(33)37-38(36(34)26-32)42-39(40-37)29-14-6-2-7-15-29/h1-26,39-40H. The molecule has 3 nitrogen and oxygen atoms in total. The first kappa shape index (κ1) is 24.3. The summed E-state index contributed by atoms with van der Waals surface area (Å²) in [5.41, 5.74) is 7.82. The van der Waals surface area contributed by atoms with Crippen LogP contribution < -0.4 is 15.0 Å². The highest BCUT2D eigenvalue weighted by molar-refractivity contribution is 6.18. The van der Waals surface area contributed by atoms with Gasteiger partial charge in [0, 0.05) is 33.4 Å². The Balaban J connectivity index is 1.29. The third-order valence-electron chi connectivity index (χ3n) is 8.08. The highest BCUT2D eigenvalue weighted by atomic mass is 16.5. The van der Waals surface area contributed by atoms with Gasteiger partial charge in [0.25, 0.3) is 0 Å². The minimum atomic E-state index is -0.241. The van der Waals surface area contributed by atoms with Gasteiger partial charge in [0.1, 0.15) is 0 Å². The van der Waals surface area contributed by atoms with Gasteiger partial charge in [-0.05, 0) is 58.3 Å². The summed E-state index contributed by atoms with van der Waals surface area (Å²) in [7, 11) is 0. The van der Waals surface area contributed by atoms with Crippen LogP contribution in [0, 0.1) is 0 Å². The van der Waals surface area contributed by atoms with Crippen molar-refractivity contribution in [2.24, 2.45) is 0 Å². The number of ether oxygens (including phenoxy) is 1. The molecule has 1 aliphatic heterocycles. The second-order valence-electron chi connectivity index (χ2n) is 10.6. The van der Waals surface area contributed by atoms with Gasteiger partial charge in [0.15, 0.2) is 12.0 Å². The molecule has 0 spiro atoms. The monoisotopic (exact) mass is 540 g/mol. The summed E-state index contributed by atoms with van der Waals surface area (Å²) in [4.78, 5) is 2.31. The van der Waals surface area contributed by atoms with Crippen LogP contribution >= 0.6 is 0 Å². The van der Waals surface area contributed by atoms with Crippen molar-refractivity contribution < 1.29 is 4.74 Å². The zero-order valence-corrected chi connectivity index (χ0v) is 22.9. The van der Waals surface area contributed by atoms with Gasteiger partial charge in [-0.2, -0.15) is 0 Å². The number of nitrogens with zero attached hydrogens (tertiary/aromatic N) is 1. The van der Waals surface area contributed by atoms with E-state index in [2.05, 4.69) is 162 Å². The van der Waals surface area contributed by atoms with E-state index in [1.165, 1.54) is 27.3 Å². The highest BCUT2D eigenvalue weighted by Crippen LogP contribution is 2.50. The molecule has 1 heterocycles. The van der Waals surface area contributed by atoms with E-state index in [4.69, 9.17) is 4.74 Å². The predicted octanol–water partition coefficient (Wildman–Crippen LogP) is 10.6. The van der Waals surface area contributed by atoms with Crippen molar-refractivity contribution in [3.8, 4) is 16.9 Å². The van der Waals surface area contributed by atoms with Crippen LogP contribution in [-0.4, -0.2) is 0 Å². The second kappa shape index (κ2) is 10.1. The summed E-state index contributed by atoms with van der Waals surface area (Å²) < 4.78 is 6.70. The maximum Gasteiger partial charge on any atom is 0.196 e. The minimum absolute atomic E-state index is 0.241. The molecule has 0 aliphatic carbocycles. The summed E-state index contributed by atoms with van der Waals surface area (Å²) in [6.07, 6.45) is -0.241. The average Bonchev–Trinajstić information content (AvgIpc) is 3.53. The normalized spacial score (nSPS) is 13.9. The number of nitrogens with one attached hydrogen (secondary N) is 1. The Labute approximate surface area is 245 Å². The molecule has 1 unspecified atom stereocenters. The van der Waals surface area contributed by atoms with E-state index in [9.17, 15) is 0 Å². The average molecular weight is 541 g/mol. The van der Waals surface area contributed by atoms with Gasteiger partial charge in [0.2, 0.25) is 0 Å². The molecule has 200 valence electrons. The van der Waals surface area contributed by atoms with E-state index in [1.807, 2.05) is 6.07 Å². The van der Waals surface area contributed by atoms with E-state index in [1.54, 1.807) is 0 Å². The van der Waals surface area contributed by atoms with Gasteiger partial charge in [-0.25, -0.2) is 0 Å². The summed E-state index contributed by atoms with van der Waals surface area (Å²) in [5, 5.41) is 8.33. The maximum absolute atomic E-state index is 6.70. The maximum atomic E-state index is 6.70. The van der Waals surface area contributed by atoms with Crippen molar-refractivity contribution in [1.82, 2.24) is 0 Å². The lowest BCUT2D eigenvalue weighted by atomic mass is 9.98. The van der Waals surface area contributed by atoms with Gasteiger partial charge in [-0.15, -0.1) is 0 Å². The van der Waals surface area contributed by atoms with Crippen molar-refractivity contribution in [3.05, 3.63) is 163 Å². The smallest absolute Gasteiger partial charge is 0.196 e. The van der Waals surface area contributed by atoms with Crippen molar-refractivity contribution >= 4 is 44.3 Å². The third kappa shape index (κ3) is 4.15. The molecule has 8 rings (SSSR count). The number of anilines is 4. The van der Waals surface area contributed by atoms with Crippen molar-refractivity contribution in [2.75, 3.05) is 10.2 Å². The number of hydrogen-bond donors (Lipinski definition) is 1. The quantitative estimate of drug-likeness (QED) is 0.220. The third-order valence-corrected chi connectivity index (χ3v) is 8.08. The van der Waals surface area contributed by atoms with Gasteiger partial charge >= 0.3 is 0 Å². The fourth-order valence-electron chi connectivity index (χ4n) is 6.07. The van der Waals surface area contributed by atoms with E-state index in [0.29, 0.717) is 0 Å². The molecule has 0 radical (unpaired) electrons. The van der Waals surface area contributed by atoms with Gasteiger partial charge in [-0.1, -0.05) is 121 Å². The van der Waals surface area contributed by atoms with Crippen LogP contribution in [0.4, 0.5) is 22.7 Å². The Kier molecular flexibility index (Phi) is 5.86. The largest absolute Gasteiger partial charge is 0.464 e. The predicted molar refractivity (Wildman–Crippen MR) is 175 cm³/mol. The zero-order valence-electron chi connectivity index (χ0n) is 22.9. The molecule has 0 saturated heterocycles. The Morgan fingerprint density at radius 1 is 0.452 bits per heavy atom. The lowest BCUT2D eigenvalue weighted by Crippen LogP contribution is -2.10.